The number of benzene rings is 1. The first-order valence-electron chi connectivity index (χ1n) is 7.48. The number of ether oxygens (including phenoxy) is 3. The van der Waals surface area contributed by atoms with Gasteiger partial charge in [-0.3, -0.25) is 0 Å². The molecule has 0 fully saturated rings. The molecule has 0 bridgehead atoms. The molecule has 0 heterocycles. The second-order valence-electron chi connectivity index (χ2n) is 5.24. The van der Waals surface area contributed by atoms with Gasteiger partial charge < -0.3 is 24.6 Å². The van der Waals surface area contributed by atoms with E-state index in [4.69, 9.17) is 9.47 Å². The Hall–Kier alpha value is -2.05. The number of nitrogens with one attached hydrogen (secondary N) is 1. The molecule has 0 saturated heterocycles. The zero-order valence-electron chi connectivity index (χ0n) is 14.0. The fraction of sp³-hybridized carbons (Fsp3) is 0.471. The Morgan fingerprint density at radius 2 is 2.04 bits per heavy atom. The highest BCUT2D eigenvalue weighted by Gasteiger charge is 2.11. The molecule has 6 nitrogen and oxygen atoms in total. The molecule has 0 aliphatic rings. The quantitative estimate of drug-likeness (QED) is 0.411. The molecule has 0 aromatic heterocycles. The van der Waals surface area contributed by atoms with Crippen LogP contribution in [0.1, 0.15) is 25.8 Å². The predicted molar refractivity (Wildman–Crippen MR) is 88.4 cm³/mol. The highest BCUT2D eigenvalue weighted by molar-refractivity contribution is 5.87. The van der Waals surface area contributed by atoms with Gasteiger partial charge in [0.25, 0.3) is 0 Å². The van der Waals surface area contributed by atoms with E-state index in [-0.39, 0.29) is 0 Å². The number of esters is 1. The van der Waals surface area contributed by atoms with Crippen molar-refractivity contribution in [2.75, 3.05) is 20.8 Å². The Bertz CT molecular complexity index is 528. The van der Waals surface area contributed by atoms with Gasteiger partial charge in [-0.25, -0.2) is 4.79 Å². The summed E-state index contributed by atoms with van der Waals surface area (Å²) in [6.07, 6.45) is 2.47. The third-order valence-corrected chi connectivity index (χ3v) is 3.01. The summed E-state index contributed by atoms with van der Waals surface area (Å²) in [6, 6.07) is 5.52. The summed E-state index contributed by atoms with van der Waals surface area (Å²) in [6.45, 7) is 4.73. The molecule has 1 atom stereocenters. The fourth-order valence-electron chi connectivity index (χ4n) is 1.82. The van der Waals surface area contributed by atoms with Gasteiger partial charge >= 0.3 is 5.97 Å². The molecule has 1 rings (SSSR count). The van der Waals surface area contributed by atoms with E-state index in [1.807, 2.05) is 13.8 Å². The van der Waals surface area contributed by atoms with E-state index in [0.717, 1.165) is 5.56 Å². The Balaban J connectivity index is 2.68. The van der Waals surface area contributed by atoms with E-state index < -0.39 is 12.3 Å². The van der Waals surface area contributed by atoms with Gasteiger partial charge in [0.2, 0.25) is 0 Å². The molecule has 0 amide bonds. The van der Waals surface area contributed by atoms with Gasteiger partial charge in [0.05, 0.1) is 14.2 Å². The molecule has 1 aromatic rings. The number of rotatable bonds is 9. The first-order valence-corrected chi connectivity index (χ1v) is 7.48. The van der Waals surface area contributed by atoms with Crippen LogP contribution in [0.5, 0.6) is 11.5 Å². The molecule has 6 heteroatoms. The van der Waals surface area contributed by atoms with Gasteiger partial charge in [-0.15, -0.1) is 0 Å². The summed E-state index contributed by atoms with van der Waals surface area (Å²) < 4.78 is 15.3. The molecule has 0 radical (unpaired) electrons. The Labute approximate surface area is 137 Å². The lowest BCUT2D eigenvalue weighted by Gasteiger charge is -2.17. The lowest BCUT2D eigenvalue weighted by Crippen LogP contribution is -2.28. The van der Waals surface area contributed by atoms with Crippen molar-refractivity contribution >= 4 is 12.0 Å². The lowest BCUT2D eigenvalue weighted by atomic mass is 10.2. The monoisotopic (exact) mass is 323 g/mol. The van der Waals surface area contributed by atoms with E-state index in [2.05, 4.69) is 10.1 Å². The third-order valence-electron chi connectivity index (χ3n) is 3.01. The van der Waals surface area contributed by atoms with Gasteiger partial charge in [0.1, 0.15) is 0 Å². The van der Waals surface area contributed by atoms with Crippen LogP contribution in [0.25, 0.3) is 6.08 Å². The van der Waals surface area contributed by atoms with Crippen molar-refractivity contribution in [1.29, 1.82) is 0 Å². The molecule has 0 aliphatic heterocycles. The average Bonchev–Trinajstić information content (AvgIpc) is 2.53. The van der Waals surface area contributed by atoms with Gasteiger partial charge in [0.15, 0.2) is 17.8 Å². The van der Waals surface area contributed by atoms with E-state index in [9.17, 15) is 9.90 Å². The van der Waals surface area contributed by atoms with Crippen LogP contribution in [0.4, 0.5) is 0 Å². The van der Waals surface area contributed by atoms with Gasteiger partial charge in [-0.1, -0.05) is 19.9 Å². The Kier molecular flexibility index (Phi) is 8.15. The number of methoxy groups -OCH3 is 2. The second-order valence-corrected chi connectivity index (χ2v) is 5.24. The molecule has 0 spiro atoms. The van der Waals surface area contributed by atoms with Crippen LogP contribution in [-0.4, -0.2) is 44.2 Å². The highest BCUT2D eigenvalue weighted by atomic mass is 16.6. The molecule has 128 valence electrons. The van der Waals surface area contributed by atoms with Crippen molar-refractivity contribution in [3.8, 4) is 11.5 Å². The van der Waals surface area contributed by atoms with E-state index in [1.165, 1.54) is 20.3 Å². The standard InChI is InChI=1S/C17H25NO5/c1-12(2)18-10-9-17(20)23-14-7-5-13(11-15(14)21-3)6-8-16(19)22-4/h5-8,11-12,17-18,20H,9-10H2,1-4H3. The van der Waals surface area contributed by atoms with Gasteiger partial charge in [-0.2, -0.15) is 0 Å². The van der Waals surface area contributed by atoms with Crippen molar-refractivity contribution < 1.29 is 24.1 Å². The number of aliphatic hydroxyl groups excluding tert-OH is 1. The third kappa shape index (κ3) is 7.17. The minimum atomic E-state index is -0.924. The van der Waals surface area contributed by atoms with Gasteiger partial charge in [-0.05, 0) is 23.8 Å². The van der Waals surface area contributed by atoms with Crippen LogP contribution in [0.2, 0.25) is 0 Å². The average molecular weight is 323 g/mol. The number of hydrogen-bond acceptors (Lipinski definition) is 6. The van der Waals surface area contributed by atoms with Crippen molar-refractivity contribution in [1.82, 2.24) is 5.32 Å². The van der Waals surface area contributed by atoms with Crippen LogP contribution < -0.4 is 14.8 Å². The molecule has 2 N–H and O–H groups in total. The van der Waals surface area contributed by atoms with Crippen LogP contribution in [0.3, 0.4) is 0 Å². The molecule has 23 heavy (non-hydrogen) atoms. The van der Waals surface area contributed by atoms with Crippen LogP contribution in [0, 0.1) is 0 Å². The minimum Gasteiger partial charge on any atom is -0.493 e. The Morgan fingerprint density at radius 3 is 2.65 bits per heavy atom. The van der Waals surface area contributed by atoms with Crippen molar-refractivity contribution in [2.45, 2.75) is 32.6 Å². The summed E-state index contributed by atoms with van der Waals surface area (Å²) in [7, 11) is 2.84. The molecular formula is C17H25NO5. The number of carbonyl (C=O) groups excluding carboxylic acids is 1. The maximum absolute atomic E-state index is 11.1. The summed E-state index contributed by atoms with van der Waals surface area (Å²) in [5.74, 6) is 0.491. The van der Waals surface area contributed by atoms with E-state index in [0.29, 0.717) is 30.5 Å². The summed E-state index contributed by atoms with van der Waals surface area (Å²) in [4.78, 5) is 11.1. The van der Waals surface area contributed by atoms with E-state index >= 15 is 0 Å². The maximum atomic E-state index is 11.1. The Morgan fingerprint density at radius 1 is 1.30 bits per heavy atom. The molecule has 1 aromatic carbocycles. The van der Waals surface area contributed by atoms with E-state index in [1.54, 1.807) is 24.3 Å². The summed E-state index contributed by atoms with van der Waals surface area (Å²) in [5, 5.41) is 13.1. The SMILES string of the molecule is COC(=O)C=Cc1ccc(OC(O)CCNC(C)C)c(OC)c1. The number of carbonyl (C=O) groups is 1. The zero-order chi connectivity index (χ0) is 17.2. The number of hydrogen-bond donors (Lipinski definition) is 2. The highest BCUT2D eigenvalue weighted by Crippen LogP contribution is 2.29. The smallest absolute Gasteiger partial charge is 0.330 e. The van der Waals surface area contributed by atoms with Crippen LogP contribution in [0.15, 0.2) is 24.3 Å². The molecule has 0 saturated carbocycles. The number of aliphatic hydroxyl groups is 1. The first kappa shape index (κ1) is 19.0. The van der Waals surface area contributed by atoms with Crippen LogP contribution in [-0.2, 0) is 9.53 Å². The maximum Gasteiger partial charge on any atom is 0.330 e. The normalized spacial score (nSPS) is 12.4. The molecular weight excluding hydrogens is 298 g/mol. The lowest BCUT2D eigenvalue weighted by molar-refractivity contribution is -0.134. The van der Waals surface area contributed by atoms with Crippen LogP contribution >= 0.6 is 0 Å². The van der Waals surface area contributed by atoms with Crippen molar-refractivity contribution in [3.05, 3.63) is 29.8 Å². The first-order chi connectivity index (χ1) is 11.0. The molecule has 1 unspecified atom stereocenters. The fourth-order valence-corrected chi connectivity index (χ4v) is 1.82. The minimum absolute atomic E-state index is 0.359. The largest absolute Gasteiger partial charge is 0.493 e. The topological polar surface area (TPSA) is 77.0 Å². The summed E-state index contributed by atoms with van der Waals surface area (Å²) in [5.41, 5.74) is 0.760. The molecule has 0 aliphatic carbocycles. The predicted octanol–water partition coefficient (Wildman–Crippen LogP) is 1.97. The van der Waals surface area contributed by atoms with Crippen molar-refractivity contribution in [3.63, 3.8) is 0 Å². The zero-order valence-corrected chi connectivity index (χ0v) is 14.0. The second kappa shape index (κ2) is 9.86. The van der Waals surface area contributed by atoms with Gasteiger partial charge in [0, 0.05) is 25.1 Å². The van der Waals surface area contributed by atoms with Crippen molar-refractivity contribution in [2.24, 2.45) is 0 Å². The summed E-state index contributed by atoms with van der Waals surface area (Å²) >= 11 is 0.